The van der Waals surface area contributed by atoms with Crippen LogP contribution in [0.25, 0.3) is 11.0 Å². The number of benzene rings is 2. The van der Waals surface area contributed by atoms with E-state index in [9.17, 15) is 13.2 Å². The van der Waals surface area contributed by atoms with Crippen molar-refractivity contribution in [3.63, 3.8) is 0 Å². The van der Waals surface area contributed by atoms with Crippen molar-refractivity contribution in [1.29, 1.82) is 0 Å². The highest BCUT2D eigenvalue weighted by Gasteiger charge is 2.22. The number of H-pyrrole nitrogens is 1. The van der Waals surface area contributed by atoms with Gasteiger partial charge < -0.3 is 10.3 Å². The number of carbonyl (C=O) groups is 1. The highest BCUT2D eigenvalue weighted by molar-refractivity contribution is 7.89. The zero-order valence-electron chi connectivity index (χ0n) is 15.3. The van der Waals surface area contributed by atoms with Crippen LogP contribution < -0.4 is 10.0 Å². The Balaban J connectivity index is 1.47. The predicted molar refractivity (Wildman–Crippen MR) is 109 cm³/mol. The van der Waals surface area contributed by atoms with Gasteiger partial charge in [-0.1, -0.05) is 29.8 Å². The summed E-state index contributed by atoms with van der Waals surface area (Å²) in [6.07, 6.45) is 1.36. The molecule has 0 saturated carbocycles. The summed E-state index contributed by atoms with van der Waals surface area (Å²) >= 11 is 5.83. The molecule has 0 fully saturated rings. The van der Waals surface area contributed by atoms with Crippen molar-refractivity contribution in [2.75, 3.05) is 6.54 Å². The summed E-state index contributed by atoms with van der Waals surface area (Å²) in [5.74, 6) is 0.459. The van der Waals surface area contributed by atoms with Crippen molar-refractivity contribution in [1.82, 2.24) is 20.0 Å². The lowest BCUT2D eigenvalue weighted by atomic mass is 10.3. The van der Waals surface area contributed by atoms with Gasteiger partial charge in [-0.25, -0.2) is 13.4 Å². The van der Waals surface area contributed by atoms with Crippen LogP contribution in [0.5, 0.6) is 0 Å². The van der Waals surface area contributed by atoms with Crippen molar-refractivity contribution < 1.29 is 13.2 Å². The van der Waals surface area contributed by atoms with Crippen molar-refractivity contribution in [2.45, 2.75) is 30.7 Å². The van der Waals surface area contributed by atoms with Crippen molar-refractivity contribution in [3.8, 4) is 0 Å². The molecule has 148 valence electrons. The Bertz CT molecular complexity index is 1050. The van der Waals surface area contributed by atoms with Gasteiger partial charge >= 0.3 is 0 Å². The molecule has 9 heteroatoms. The first-order valence-electron chi connectivity index (χ1n) is 8.84. The summed E-state index contributed by atoms with van der Waals surface area (Å²) in [5.41, 5.74) is 1.89. The average Bonchev–Trinajstić information content (AvgIpc) is 3.07. The molecule has 0 spiro atoms. The largest absolute Gasteiger partial charge is 0.355 e. The standard InChI is InChI=1S/C19H21ClN4O3S/c1-13(24-28(26,27)15-7-4-6-14(20)12-15)19(25)21-11-5-10-18-22-16-8-2-3-9-17(16)23-18/h2-4,6-9,12-13,24H,5,10-11H2,1H3,(H,21,25)(H,22,23). The van der Waals surface area contributed by atoms with E-state index in [-0.39, 0.29) is 4.90 Å². The van der Waals surface area contributed by atoms with Crippen LogP contribution in [0.3, 0.4) is 0 Å². The fourth-order valence-electron chi connectivity index (χ4n) is 2.73. The molecule has 0 bridgehead atoms. The maximum atomic E-state index is 12.3. The van der Waals surface area contributed by atoms with Crippen LogP contribution in [0.4, 0.5) is 0 Å². The van der Waals surface area contributed by atoms with E-state index < -0.39 is 22.0 Å². The number of rotatable bonds is 8. The summed E-state index contributed by atoms with van der Waals surface area (Å²) in [5, 5.41) is 3.05. The summed E-state index contributed by atoms with van der Waals surface area (Å²) in [6, 6.07) is 12.7. The van der Waals surface area contributed by atoms with E-state index in [0.717, 1.165) is 16.9 Å². The minimum Gasteiger partial charge on any atom is -0.355 e. The number of imidazole rings is 1. The van der Waals surface area contributed by atoms with Crippen LogP contribution >= 0.6 is 11.6 Å². The number of hydrogen-bond donors (Lipinski definition) is 3. The number of aromatic amines is 1. The average molecular weight is 421 g/mol. The summed E-state index contributed by atoms with van der Waals surface area (Å²) in [4.78, 5) is 19.9. The van der Waals surface area contributed by atoms with Gasteiger partial charge in [0.1, 0.15) is 5.82 Å². The van der Waals surface area contributed by atoms with Gasteiger partial charge in [0.2, 0.25) is 15.9 Å². The van der Waals surface area contributed by atoms with Crippen molar-refractivity contribution >= 4 is 38.6 Å². The number of sulfonamides is 1. The fourth-order valence-corrected chi connectivity index (χ4v) is 4.24. The number of nitrogens with one attached hydrogen (secondary N) is 3. The Hall–Kier alpha value is -2.42. The predicted octanol–water partition coefficient (Wildman–Crippen LogP) is 2.63. The Morgan fingerprint density at radius 1 is 1.21 bits per heavy atom. The smallest absolute Gasteiger partial charge is 0.241 e. The minimum atomic E-state index is -3.83. The van der Waals surface area contributed by atoms with E-state index in [1.54, 1.807) is 12.1 Å². The lowest BCUT2D eigenvalue weighted by Crippen LogP contribution is -2.45. The van der Waals surface area contributed by atoms with Gasteiger partial charge in [0.25, 0.3) is 0 Å². The molecule has 0 saturated heterocycles. The quantitative estimate of drug-likeness (QED) is 0.487. The van der Waals surface area contributed by atoms with Gasteiger partial charge in [-0.15, -0.1) is 0 Å². The number of nitrogens with zero attached hydrogens (tertiary/aromatic N) is 1. The number of para-hydroxylation sites is 2. The summed E-state index contributed by atoms with van der Waals surface area (Å²) in [6.45, 7) is 1.91. The Labute approximate surface area is 168 Å². The second kappa shape index (κ2) is 8.72. The topological polar surface area (TPSA) is 104 Å². The Kier molecular flexibility index (Phi) is 6.33. The van der Waals surface area contributed by atoms with Gasteiger partial charge in [-0.3, -0.25) is 4.79 Å². The first kappa shape index (κ1) is 20.3. The summed E-state index contributed by atoms with van der Waals surface area (Å²) in [7, 11) is -3.83. The van der Waals surface area contributed by atoms with Crippen molar-refractivity contribution in [2.24, 2.45) is 0 Å². The molecule has 0 radical (unpaired) electrons. The highest BCUT2D eigenvalue weighted by atomic mass is 35.5. The van der Waals surface area contributed by atoms with Gasteiger partial charge in [-0.2, -0.15) is 4.72 Å². The van der Waals surface area contributed by atoms with Crippen LogP contribution in [0, 0.1) is 0 Å². The van der Waals surface area contributed by atoms with E-state index in [2.05, 4.69) is 20.0 Å². The van der Waals surface area contributed by atoms with Gasteiger partial charge in [0.05, 0.1) is 22.0 Å². The third kappa shape index (κ3) is 5.09. The number of carbonyl (C=O) groups excluding carboxylic acids is 1. The van der Waals surface area contributed by atoms with Gasteiger partial charge in [0.15, 0.2) is 0 Å². The second-order valence-electron chi connectivity index (χ2n) is 6.40. The monoisotopic (exact) mass is 420 g/mol. The van der Waals surface area contributed by atoms with E-state index in [1.165, 1.54) is 19.1 Å². The molecule has 2 aromatic carbocycles. The second-order valence-corrected chi connectivity index (χ2v) is 8.55. The van der Waals surface area contributed by atoms with Gasteiger partial charge in [-0.05, 0) is 43.7 Å². The molecule has 1 amide bonds. The SMILES string of the molecule is CC(NS(=O)(=O)c1cccc(Cl)c1)C(=O)NCCCc1nc2ccccc2[nH]1. The molecule has 3 aromatic rings. The molecule has 0 aliphatic heterocycles. The molecule has 0 aliphatic rings. The molecular weight excluding hydrogens is 400 g/mol. The number of aromatic nitrogens is 2. The molecule has 1 atom stereocenters. The molecule has 0 aliphatic carbocycles. The highest BCUT2D eigenvalue weighted by Crippen LogP contribution is 2.15. The zero-order chi connectivity index (χ0) is 20.1. The molecule has 7 nitrogen and oxygen atoms in total. The molecule has 3 N–H and O–H groups in total. The third-order valence-corrected chi connectivity index (χ3v) is 5.93. The van der Waals surface area contributed by atoms with E-state index in [0.29, 0.717) is 24.4 Å². The lowest BCUT2D eigenvalue weighted by molar-refractivity contribution is -0.122. The van der Waals surface area contributed by atoms with Crippen LogP contribution in [0.2, 0.25) is 5.02 Å². The maximum absolute atomic E-state index is 12.3. The number of aryl methyl sites for hydroxylation is 1. The van der Waals surface area contributed by atoms with Crippen LogP contribution in [0.15, 0.2) is 53.4 Å². The maximum Gasteiger partial charge on any atom is 0.241 e. The normalized spacial score (nSPS) is 12.8. The fraction of sp³-hybridized carbons (Fsp3) is 0.263. The lowest BCUT2D eigenvalue weighted by Gasteiger charge is -2.14. The minimum absolute atomic E-state index is 0.0181. The molecule has 1 aromatic heterocycles. The molecular formula is C19H21ClN4O3S. The van der Waals surface area contributed by atoms with Gasteiger partial charge in [0, 0.05) is 18.0 Å². The molecule has 1 unspecified atom stereocenters. The van der Waals surface area contributed by atoms with E-state index >= 15 is 0 Å². The molecule has 28 heavy (non-hydrogen) atoms. The summed E-state index contributed by atoms with van der Waals surface area (Å²) < 4.78 is 27.0. The number of fused-ring (bicyclic) bond motifs is 1. The van der Waals surface area contributed by atoms with Crippen LogP contribution in [0.1, 0.15) is 19.2 Å². The first-order chi connectivity index (χ1) is 13.3. The molecule has 3 rings (SSSR count). The first-order valence-corrected chi connectivity index (χ1v) is 10.7. The van der Waals surface area contributed by atoms with Crippen LogP contribution in [-0.4, -0.2) is 36.9 Å². The van der Waals surface area contributed by atoms with E-state index in [4.69, 9.17) is 11.6 Å². The number of amides is 1. The third-order valence-electron chi connectivity index (χ3n) is 4.16. The number of halogens is 1. The molecule has 1 heterocycles. The van der Waals surface area contributed by atoms with Crippen molar-refractivity contribution in [3.05, 3.63) is 59.4 Å². The Morgan fingerprint density at radius 3 is 2.75 bits per heavy atom. The zero-order valence-corrected chi connectivity index (χ0v) is 16.8. The van der Waals surface area contributed by atoms with Crippen LogP contribution in [-0.2, 0) is 21.2 Å². The Morgan fingerprint density at radius 2 is 2.00 bits per heavy atom. The van der Waals surface area contributed by atoms with E-state index in [1.807, 2.05) is 24.3 Å². The number of hydrogen-bond acceptors (Lipinski definition) is 4.